The van der Waals surface area contributed by atoms with Crippen LogP contribution in [0.15, 0.2) is 36.4 Å². The van der Waals surface area contributed by atoms with Crippen molar-refractivity contribution in [3.05, 3.63) is 64.2 Å². The maximum Gasteiger partial charge on any atom is 0.343 e. The summed E-state index contributed by atoms with van der Waals surface area (Å²) in [5.74, 6) is -4.67. The highest BCUT2D eigenvalue weighted by atomic mass is 16.5. The van der Waals surface area contributed by atoms with E-state index >= 15 is 0 Å². The van der Waals surface area contributed by atoms with Crippen molar-refractivity contribution in [2.24, 2.45) is 0 Å². The van der Waals surface area contributed by atoms with Gasteiger partial charge >= 0.3 is 11.9 Å². The Morgan fingerprint density at radius 2 is 1.16 bits per heavy atom. The number of hydrogen-bond acceptors (Lipinski definition) is 9. The van der Waals surface area contributed by atoms with Gasteiger partial charge in [-0.3, -0.25) is 0 Å². The van der Waals surface area contributed by atoms with E-state index in [0.717, 1.165) is 18.2 Å². The Hall–Kier alpha value is -4.40. The number of ether oxygens (including phenoxy) is 2. The third-order valence-electron chi connectivity index (χ3n) is 4.69. The molecule has 0 spiro atoms. The number of esters is 2. The molecule has 0 aliphatic rings. The highest BCUT2D eigenvalue weighted by Gasteiger charge is 2.21. The minimum Gasteiger partial charge on any atom is -0.508 e. The predicted octanol–water partition coefficient (Wildman–Crippen LogP) is 3.58. The van der Waals surface area contributed by atoms with Crippen molar-refractivity contribution in [3.63, 3.8) is 0 Å². The van der Waals surface area contributed by atoms with Gasteiger partial charge in [0.25, 0.3) is 0 Å². The molecule has 166 valence electrons. The van der Waals surface area contributed by atoms with Crippen LogP contribution in [0.3, 0.4) is 0 Å². The van der Waals surface area contributed by atoms with Gasteiger partial charge in [-0.2, -0.15) is 0 Å². The SMILES string of the molecule is Cc1cc(O)c(O)c(OC(=O)c2cc(O)c(C)c(OC(=O)c3cc(C)c(O)c(O)c3)c2)c1. The van der Waals surface area contributed by atoms with Gasteiger partial charge in [-0.1, -0.05) is 0 Å². The summed E-state index contributed by atoms with van der Waals surface area (Å²) in [5, 5.41) is 49.1. The fourth-order valence-electron chi connectivity index (χ4n) is 2.90. The number of benzene rings is 3. The second kappa shape index (κ2) is 8.38. The molecule has 3 aromatic rings. The number of carbonyl (C=O) groups excluding carboxylic acids is 2. The van der Waals surface area contributed by atoms with E-state index in [1.54, 1.807) is 6.92 Å². The zero-order valence-electron chi connectivity index (χ0n) is 17.3. The number of phenols is 5. The standard InChI is InChI=1S/C23H20O9/c1-10-4-16(25)21(28)19(5-10)32-23(30)14-7-15(24)12(3)18(9-14)31-22(29)13-6-11(2)20(27)17(26)8-13/h4-9,24-28H,1-3H3. The number of aromatic hydroxyl groups is 5. The summed E-state index contributed by atoms with van der Waals surface area (Å²) in [7, 11) is 0. The van der Waals surface area contributed by atoms with Crippen LogP contribution in [-0.2, 0) is 0 Å². The fraction of sp³-hybridized carbons (Fsp3) is 0.130. The Morgan fingerprint density at radius 1 is 0.625 bits per heavy atom. The molecular formula is C23H20O9. The van der Waals surface area contributed by atoms with Crippen LogP contribution in [0.25, 0.3) is 0 Å². The van der Waals surface area contributed by atoms with Gasteiger partial charge < -0.3 is 35.0 Å². The van der Waals surface area contributed by atoms with E-state index in [2.05, 4.69) is 0 Å². The molecule has 5 N–H and O–H groups in total. The fourth-order valence-corrected chi connectivity index (χ4v) is 2.90. The first-order valence-electron chi connectivity index (χ1n) is 9.31. The summed E-state index contributed by atoms with van der Waals surface area (Å²) in [6.07, 6.45) is 0. The lowest BCUT2D eigenvalue weighted by atomic mass is 10.1. The summed E-state index contributed by atoms with van der Waals surface area (Å²) < 4.78 is 10.4. The van der Waals surface area contributed by atoms with Crippen LogP contribution >= 0.6 is 0 Å². The largest absolute Gasteiger partial charge is 0.508 e. The molecule has 0 saturated carbocycles. The molecule has 0 unspecified atom stereocenters. The van der Waals surface area contributed by atoms with Gasteiger partial charge in [-0.25, -0.2) is 9.59 Å². The van der Waals surface area contributed by atoms with Crippen molar-refractivity contribution in [3.8, 4) is 40.2 Å². The molecule has 0 amide bonds. The van der Waals surface area contributed by atoms with Gasteiger partial charge in [0, 0.05) is 5.56 Å². The molecular weight excluding hydrogens is 420 g/mol. The Kier molecular flexibility index (Phi) is 5.84. The quantitative estimate of drug-likeness (QED) is 0.233. The van der Waals surface area contributed by atoms with E-state index in [-0.39, 0.29) is 45.3 Å². The molecule has 9 nitrogen and oxygen atoms in total. The normalized spacial score (nSPS) is 10.6. The predicted molar refractivity (Wildman–Crippen MR) is 112 cm³/mol. The van der Waals surface area contributed by atoms with Crippen molar-refractivity contribution in [1.82, 2.24) is 0 Å². The van der Waals surface area contributed by atoms with E-state index in [1.165, 1.54) is 32.0 Å². The molecule has 3 aromatic carbocycles. The molecule has 0 bridgehead atoms. The first kappa shape index (κ1) is 22.3. The summed E-state index contributed by atoms with van der Waals surface area (Å²) in [6.45, 7) is 4.56. The van der Waals surface area contributed by atoms with Gasteiger partial charge in [0.15, 0.2) is 23.0 Å². The topological polar surface area (TPSA) is 154 Å². The maximum absolute atomic E-state index is 12.6. The molecule has 0 radical (unpaired) electrons. The zero-order chi connectivity index (χ0) is 23.7. The van der Waals surface area contributed by atoms with Crippen LogP contribution in [0.4, 0.5) is 0 Å². The van der Waals surface area contributed by atoms with E-state index in [1.807, 2.05) is 0 Å². The highest BCUT2D eigenvalue weighted by Crippen LogP contribution is 2.37. The molecule has 0 fully saturated rings. The van der Waals surface area contributed by atoms with Crippen LogP contribution in [0.1, 0.15) is 37.4 Å². The van der Waals surface area contributed by atoms with Crippen LogP contribution in [0.2, 0.25) is 0 Å². The van der Waals surface area contributed by atoms with Crippen LogP contribution < -0.4 is 9.47 Å². The average Bonchev–Trinajstić information content (AvgIpc) is 2.72. The second-order valence-electron chi connectivity index (χ2n) is 7.19. The second-order valence-corrected chi connectivity index (χ2v) is 7.19. The third kappa shape index (κ3) is 4.36. The summed E-state index contributed by atoms with van der Waals surface area (Å²) in [5.41, 5.74) is 0.670. The van der Waals surface area contributed by atoms with Crippen molar-refractivity contribution >= 4 is 11.9 Å². The number of carbonyl (C=O) groups is 2. The lowest BCUT2D eigenvalue weighted by Gasteiger charge is -2.13. The first-order chi connectivity index (χ1) is 15.0. The van der Waals surface area contributed by atoms with Crippen LogP contribution in [0, 0.1) is 20.8 Å². The van der Waals surface area contributed by atoms with E-state index in [4.69, 9.17) is 9.47 Å². The maximum atomic E-state index is 12.6. The minimum atomic E-state index is -0.990. The van der Waals surface area contributed by atoms with Crippen molar-refractivity contribution in [2.45, 2.75) is 20.8 Å². The summed E-state index contributed by atoms with van der Waals surface area (Å²) in [4.78, 5) is 25.1. The van der Waals surface area contributed by atoms with Crippen LogP contribution in [0.5, 0.6) is 40.2 Å². The van der Waals surface area contributed by atoms with E-state index < -0.39 is 29.2 Å². The molecule has 3 rings (SSSR count). The molecule has 0 saturated heterocycles. The summed E-state index contributed by atoms with van der Waals surface area (Å²) >= 11 is 0. The number of phenolic OH excluding ortho intramolecular Hbond substituents is 5. The number of aryl methyl sites for hydroxylation is 2. The van der Waals surface area contributed by atoms with Gasteiger partial charge in [0.05, 0.1) is 11.1 Å². The minimum absolute atomic E-state index is 0.0650. The van der Waals surface area contributed by atoms with Crippen molar-refractivity contribution in [2.75, 3.05) is 0 Å². The molecule has 0 aliphatic carbocycles. The lowest BCUT2D eigenvalue weighted by Crippen LogP contribution is -2.12. The van der Waals surface area contributed by atoms with Gasteiger partial charge in [-0.05, 0) is 68.3 Å². The third-order valence-corrected chi connectivity index (χ3v) is 4.69. The molecule has 32 heavy (non-hydrogen) atoms. The Labute approximate surface area is 182 Å². The number of rotatable bonds is 4. The first-order valence-corrected chi connectivity index (χ1v) is 9.31. The molecule has 0 aliphatic heterocycles. The molecule has 0 aromatic heterocycles. The highest BCUT2D eigenvalue weighted by molar-refractivity contribution is 5.95. The van der Waals surface area contributed by atoms with Crippen LogP contribution in [-0.4, -0.2) is 37.5 Å². The Bertz CT molecular complexity index is 1220. The van der Waals surface area contributed by atoms with Crippen molar-refractivity contribution < 1.29 is 44.6 Å². The van der Waals surface area contributed by atoms with Crippen molar-refractivity contribution in [1.29, 1.82) is 0 Å². The smallest absolute Gasteiger partial charge is 0.343 e. The average molecular weight is 440 g/mol. The van der Waals surface area contributed by atoms with Gasteiger partial charge in [0.2, 0.25) is 5.75 Å². The lowest BCUT2D eigenvalue weighted by molar-refractivity contribution is 0.0710. The molecule has 0 heterocycles. The molecule has 0 atom stereocenters. The van der Waals surface area contributed by atoms with E-state index in [0.29, 0.717) is 5.56 Å². The summed E-state index contributed by atoms with van der Waals surface area (Å²) in [6, 6.07) is 7.20. The Balaban J connectivity index is 1.91. The van der Waals surface area contributed by atoms with Gasteiger partial charge in [0.1, 0.15) is 11.5 Å². The monoisotopic (exact) mass is 440 g/mol. The number of hydrogen-bond donors (Lipinski definition) is 5. The molecule has 9 heteroatoms. The Morgan fingerprint density at radius 3 is 1.78 bits per heavy atom. The van der Waals surface area contributed by atoms with E-state index in [9.17, 15) is 35.1 Å². The van der Waals surface area contributed by atoms with Gasteiger partial charge in [-0.15, -0.1) is 0 Å². The zero-order valence-corrected chi connectivity index (χ0v) is 17.3.